The van der Waals surface area contributed by atoms with Gasteiger partial charge < -0.3 is 9.47 Å². The Morgan fingerprint density at radius 1 is 1.35 bits per heavy atom. The molecule has 0 aromatic heterocycles. The SMILES string of the molecule is C=CC1(c2ccc(C(C)C)cc2)COC(=O)O1. The molecule has 1 saturated heterocycles. The van der Waals surface area contributed by atoms with Gasteiger partial charge in [-0.15, -0.1) is 0 Å². The summed E-state index contributed by atoms with van der Waals surface area (Å²) >= 11 is 0. The molecule has 0 amide bonds. The number of hydrogen-bond acceptors (Lipinski definition) is 3. The average Bonchev–Trinajstić information content (AvgIpc) is 2.72. The van der Waals surface area contributed by atoms with Gasteiger partial charge in [-0.2, -0.15) is 0 Å². The lowest BCUT2D eigenvalue weighted by atomic mass is 9.92. The predicted octanol–water partition coefficient (Wildman–Crippen LogP) is 3.36. The van der Waals surface area contributed by atoms with Gasteiger partial charge in [0, 0.05) is 5.56 Å². The van der Waals surface area contributed by atoms with Crippen LogP contribution in [0.1, 0.15) is 30.9 Å². The highest BCUT2D eigenvalue weighted by molar-refractivity contribution is 5.64. The van der Waals surface area contributed by atoms with Gasteiger partial charge in [0.1, 0.15) is 6.61 Å². The van der Waals surface area contributed by atoms with E-state index < -0.39 is 11.8 Å². The lowest BCUT2D eigenvalue weighted by molar-refractivity contribution is 0.0887. The zero-order valence-corrected chi connectivity index (χ0v) is 10.1. The van der Waals surface area contributed by atoms with Gasteiger partial charge in [0.25, 0.3) is 0 Å². The highest BCUT2D eigenvalue weighted by Crippen LogP contribution is 2.33. The highest BCUT2D eigenvalue weighted by atomic mass is 16.8. The van der Waals surface area contributed by atoms with Gasteiger partial charge in [0.2, 0.25) is 0 Å². The van der Waals surface area contributed by atoms with Crippen molar-refractivity contribution >= 4 is 6.16 Å². The minimum atomic E-state index is -0.827. The summed E-state index contributed by atoms with van der Waals surface area (Å²) in [6, 6.07) is 7.99. The van der Waals surface area contributed by atoms with E-state index in [1.807, 2.05) is 24.3 Å². The van der Waals surface area contributed by atoms with E-state index in [0.29, 0.717) is 5.92 Å². The summed E-state index contributed by atoms with van der Waals surface area (Å²) in [5.74, 6) is 0.478. The number of rotatable bonds is 3. The molecule has 1 aromatic rings. The van der Waals surface area contributed by atoms with Crippen LogP contribution in [0.2, 0.25) is 0 Å². The molecule has 0 N–H and O–H groups in total. The van der Waals surface area contributed by atoms with Crippen LogP contribution in [-0.4, -0.2) is 12.8 Å². The lowest BCUT2D eigenvalue weighted by Gasteiger charge is -2.21. The number of carbonyl (C=O) groups excluding carboxylic acids is 1. The molecule has 0 saturated carbocycles. The Balaban J connectivity index is 2.32. The molecule has 3 nitrogen and oxygen atoms in total. The van der Waals surface area contributed by atoms with Crippen molar-refractivity contribution in [3.63, 3.8) is 0 Å². The van der Waals surface area contributed by atoms with Gasteiger partial charge in [0.05, 0.1) is 0 Å². The minimum absolute atomic E-state index is 0.191. The summed E-state index contributed by atoms with van der Waals surface area (Å²) in [5, 5.41) is 0. The fourth-order valence-electron chi connectivity index (χ4n) is 1.88. The van der Waals surface area contributed by atoms with Crippen molar-refractivity contribution in [2.45, 2.75) is 25.4 Å². The Hall–Kier alpha value is -1.77. The summed E-state index contributed by atoms with van der Waals surface area (Å²) in [7, 11) is 0. The number of cyclic esters (lactones) is 2. The molecule has 0 radical (unpaired) electrons. The van der Waals surface area contributed by atoms with Crippen LogP contribution >= 0.6 is 0 Å². The first-order valence-corrected chi connectivity index (χ1v) is 5.67. The maximum Gasteiger partial charge on any atom is 0.509 e. The van der Waals surface area contributed by atoms with Crippen LogP contribution in [-0.2, 0) is 15.1 Å². The molecule has 0 aliphatic carbocycles. The Morgan fingerprint density at radius 2 is 2.00 bits per heavy atom. The zero-order valence-electron chi connectivity index (χ0n) is 10.1. The van der Waals surface area contributed by atoms with Crippen LogP contribution in [0.4, 0.5) is 4.79 Å². The fourth-order valence-corrected chi connectivity index (χ4v) is 1.88. The third-order valence-electron chi connectivity index (χ3n) is 3.07. The molecule has 0 spiro atoms. The van der Waals surface area contributed by atoms with E-state index >= 15 is 0 Å². The van der Waals surface area contributed by atoms with Crippen LogP contribution in [0.15, 0.2) is 36.9 Å². The normalized spacial score (nSPS) is 23.4. The molecular formula is C14H16O3. The quantitative estimate of drug-likeness (QED) is 0.592. The maximum atomic E-state index is 11.1. The van der Waals surface area contributed by atoms with Crippen molar-refractivity contribution in [2.24, 2.45) is 0 Å². The first-order chi connectivity index (χ1) is 8.07. The fraction of sp³-hybridized carbons (Fsp3) is 0.357. The molecule has 17 heavy (non-hydrogen) atoms. The predicted molar refractivity (Wildman–Crippen MR) is 64.8 cm³/mol. The van der Waals surface area contributed by atoms with Crippen LogP contribution in [0.25, 0.3) is 0 Å². The molecule has 2 rings (SSSR count). The molecular weight excluding hydrogens is 216 g/mol. The van der Waals surface area contributed by atoms with Gasteiger partial charge in [-0.25, -0.2) is 4.79 Å². The summed E-state index contributed by atoms with van der Waals surface area (Å²) in [6.07, 6.45) is 0.972. The van der Waals surface area contributed by atoms with Crippen molar-refractivity contribution in [3.8, 4) is 0 Å². The molecule has 0 bridgehead atoms. The van der Waals surface area contributed by atoms with E-state index in [1.54, 1.807) is 6.08 Å². The number of ether oxygens (including phenoxy) is 2. The highest BCUT2D eigenvalue weighted by Gasteiger charge is 2.41. The van der Waals surface area contributed by atoms with Crippen molar-refractivity contribution in [2.75, 3.05) is 6.61 Å². The maximum absolute atomic E-state index is 11.1. The standard InChI is InChI=1S/C14H16O3/c1-4-14(9-16-13(15)17-14)12-7-5-11(6-8-12)10(2)3/h4-8,10H,1,9H2,2-3H3. The molecule has 3 heteroatoms. The monoisotopic (exact) mass is 232 g/mol. The molecule has 90 valence electrons. The van der Waals surface area contributed by atoms with Crippen LogP contribution in [0.5, 0.6) is 0 Å². The third-order valence-corrected chi connectivity index (χ3v) is 3.07. The molecule has 1 atom stereocenters. The van der Waals surface area contributed by atoms with E-state index in [-0.39, 0.29) is 6.61 Å². The molecule has 1 heterocycles. The molecule has 1 unspecified atom stereocenters. The summed E-state index contributed by atoms with van der Waals surface area (Å²) < 4.78 is 10.1. The van der Waals surface area contributed by atoms with Gasteiger partial charge in [-0.1, -0.05) is 44.7 Å². The van der Waals surface area contributed by atoms with Crippen molar-refractivity contribution in [3.05, 3.63) is 48.0 Å². The average molecular weight is 232 g/mol. The van der Waals surface area contributed by atoms with Crippen molar-refractivity contribution in [1.82, 2.24) is 0 Å². The van der Waals surface area contributed by atoms with E-state index in [2.05, 4.69) is 20.4 Å². The van der Waals surface area contributed by atoms with E-state index in [0.717, 1.165) is 5.56 Å². The zero-order chi connectivity index (χ0) is 12.5. The Bertz CT molecular complexity index is 433. The smallest absolute Gasteiger partial charge is 0.429 e. The van der Waals surface area contributed by atoms with Crippen molar-refractivity contribution in [1.29, 1.82) is 0 Å². The summed E-state index contributed by atoms with van der Waals surface area (Å²) in [5.41, 5.74) is 1.31. The van der Waals surface area contributed by atoms with E-state index in [1.165, 1.54) is 5.56 Å². The van der Waals surface area contributed by atoms with Gasteiger partial charge in [-0.3, -0.25) is 0 Å². The Kier molecular flexibility index (Phi) is 2.92. The molecule has 1 aliphatic heterocycles. The second-order valence-electron chi connectivity index (χ2n) is 4.51. The van der Waals surface area contributed by atoms with Crippen LogP contribution in [0, 0.1) is 0 Å². The van der Waals surface area contributed by atoms with Gasteiger partial charge in [-0.05, 0) is 17.6 Å². The minimum Gasteiger partial charge on any atom is -0.429 e. The molecule has 1 fully saturated rings. The number of benzene rings is 1. The van der Waals surface area contributed by atoms with Crippen molar-refractivity contribution < 1.29 is 14.3 Å². The lowest BCUT2D eigenvalue weighted by Crippen LogP contribution is -2.25. The van der Waals surface area contributed by atoms with E-state index in [9.17, 15) is 4.79 Å². The van der Waals surface area contributed by atoms with Gasteiger partial charge >= 0.3 is 6.16 Å². The summed E-state index contributed by atoms with van der Waals surface area (Å²) in [4.78, 5) is 11.1. The molecule has 1 aromatic carbocycles. The van der Waals surface area contributed by atoms with E-state index in [4.69, 9.17) is 9.47 Å². The second-order valence-corrected chi connectivity index (χ2v) is 4.51. The number of hydrogen-bond donors (Lipinski definition) is 0. The first-order valence-electron chi connectivity index (χ1n) is 5.67. The van der Waals surface area contributed by atoms with Crippen LogP contribution in [0.3, 0.4) is 0 Å². The third kappa shape index (κ3) is 2.05. The topological polar surface area (TPSA) is 35.5 Å². The number of carbonyl (C=O) groups is 1. The second kappa shape index (κ2) is 4.24. The Morgan fingerprint density at radius 3 is 2.41 bits per heavy atom. The first kappa shape index (κ1) is 11.7. The largest absolute Gasteiger partial charge is 0.509 e. The van der Waals surface area contributed by atoms with Gasteiger partial charge in [0.15, 0.2) is 5.60 Å². The van der Waals surface area contributed by atoms with Crippen LogP contribution < -0.4 is 0 Å². The summed E-state index contributed by atoms with van der Waals surface area (Å²) in [6.45, 7) is 8.19. The Labute approximate surface area is 101 Å². The molecule has 1 aliphatic rings.